The van der Waals surface area contributed by atoms with Gasteiger partial charge in [0.1, 0.15) is 0 Å². The zero-order valence-corrected chi connectivity index (χ0v) is 14.3. The summed E-state index contributed by atoms with van der Waals surface area (Å²) in [7, 11) is 0. The van der Waals surface area contributed by atoms with Crippen molar-refractivity contribution >= 4 is 43.2 Å². The van der Waals surface area contributed by atoms with Gasteiger partial charge in [0.05, 0.1) is 3.79 Å². The fourth-order valence-electron chi connectivity index (χ4n) is 1.72. The normalized spacial score (nSPS) is 11.8. The van der Waals surface area contributed by atoms with E-state index in [0.29, 0.717) is 0 Å². The van der Waals surface area contributed by atoms with Crippen LogP contribution in [0.3, 0.4) is 0 Å². The molecule has 0 fully saturated rings. The predicted octanol–water partition coefficient (Wildman–Crippen LogP) is 5.30. The zero-order chi connectivity index (χ0) is 13.2. The maximum atomic E-state index is 3.60. The first-order valence-corrected chi connectivity index (χ1v) is 8.13. The van der Waals surface area contributed by atoms with E-state index in [9.17, 15) is 0 Å². The molecule has 18 heavy (non-hydrogen) atoms. The third kappa shape index (κ3) is 3.67. The van der Waals surface area contributed by atoms with E-state index >= 15 is 0 Å². The highest BCUT2D eigenvalue weighted by Gasteiger charge is 2.19. The summed E-state index contributed by atoms with van der Waals surface area (Å²) >= 11 is 8.73. The summed E-state index contributed by atoms with van der Waals surface area (Å²) in [6.07, 6.45) is 0. The molecule has 96 valence electrons. The van der Waals surface area contributed by atoms with Crippen molar-refractivity contribution in [2.24, 2.45) is 0 Å². The summed E-state index contributed by atoms with van der Waals surface area (Å²) in [6.45, 7) is 5.30. The summed E-state index contributed by atoms with van der Waals surface area (Å²) in [5, 5.41) is 3.60. The average molecular weight is 389 g/mol. The van der Waals surface area contributed by atoms with Gasteiger partial charge in [0.2, 0.25) is 0 Å². The van der Waals surface area contributed by atoms with Crippen molar-refractivity contribution in [1.82, 2.24) is 5.32 Å². The number of benzene rings is 1. The predicted molar refractivity (Wildman–Crippen MR) is 86.0 cm³/mol. The topological polar surface area (TPSA) is 12.0 Å². The van der Waals surface area contributed by atoms with Gasteiger partial charge in [0.25, 0.3) is 0 Å². The highest BCUT2D eigenvalue weighted by Crippen LogP contribution is 2.25. The lowest BCUT2D eigenvalue weighted by Crippen LogP contribution is -2.35. The molecular weight excluding hydrogens is 374 g/mol. The molecule has 0 saturated heterocycles. The first-order chi connectivity index (χ1) is 8.47. The summed E-state index contributed by atoms with van der Waals surface area (Å²) in [6, 6.07) is 12.7. The molecule has 0 bridgehead atoms. The van der Waals surface area contributed by atoms with E-state index in [1.54, 1.807) is 11.3 Å². The number of rotatable bonds is 4. The van der Waals surface area contributed by atoms with E-state index in [2.05, 4.69) is 87.4 Å². The minimum Gasteiger partial charge on any atom is -0.303 e. The molecule has 1 aromatic carbocycles. The summed E-state index contributed by atoms with van der Waals surface area (Å²) < 4.78 is 2.30. The molecule has 2 aromatic rings. The van der Waals surface area contributed by atoms with E-state index in [0.717, 1.165) is 11.0 Å². The zero-order valence-electron chi connectivity index (χ0n) is 10.3. The third-order valence-electron chi connectivity index (χ3n) is 2.90. The van der Waals surface area contributed by atoms with E-state index in [1.165, 1.54) is 14.2 Å². The molecule has 0 aliphatic rings. The molecule has 0 saturated carbocycles. The Labute approximate surface area is 129 Å². The van der Waals surface area contributed by atoms with Gasteiger partial charge in [-0.15, -0.1) is 11.3 Å². The number of hydrogen-bond acceptors (Lipinski definition) is 2. The monoisotopic (exact) mass is 387 g/mol. The van der Waals surface area contributed by atoms with Gasteiger partial charge in [-0.05, 0) is 59.6 Å². The molecular formula is C14H15Br2NS. The van der Waals surface area contributed by atoms with Crippen LogP contribution >= 0.6 is 43.2 Å². The van der Waals surface area contributed by atoms with E-state index in [4.69, 9.17) is 0 Å². The minimum absolute atomic E-state index is 0.0306. The van der Waals surface area contributed by atoms with Crippen LogP contribution in [0.2, 0.25) is 0 Å². The van der Waals surface area contributed by atoms with Crippen LogP contribution < -0.4 is 5.32 Å². The van der Waals surface area contributed by atoms with Crippen LogP contribution in [0.1, 0.15) is 24.3 Å². The van der Waals surface area contributed by atoms with Crippen molar-refractivity contribution in [3.05, 3.63) is 55.1 Å². The quantitative estimate of drug-likeness (QED) is 0.749. The molecule has 0 unspecified atom stereocenters. The average Bonchev–Trinajstić information content (AvgIpc) is 2.73. The van der Waals surface area contributed by atoms with Crippen LogP contribution in [0.15, 0.2) is 44.7 Å². The van der Waals surface area contributed by atoms with Gasteiger partial charge in [-0.2, -0.15) is 0 Å². The van der Waals surface area contributed by atoms with E-state index in [-0.39, 0.29) is 5.54 Å². The van der Waals surface area contributed by atoms with Crippen LogP contribution in [0, 0.1) is 0 Å². The van der Waals surface area contributed by atoms with Crippen molar-refractivity contribution < 1.29 is 0 Å². The van der Waals surface area contributed by atoms with Crippen LogP contribution in [0.25, 0.3) is 0 Å². The molecule has 1 N–H and O–H groups in total. The Morgan fingerprint density at radius 3 is 2.28 bits per heavy atom. The Morgan fingerprint density at radius 2 is 1.72 bits per heavy atom. The second kappa shape index (κ2) is 5.87. The Balaban J connectivity index is 2.04. The molecule has 0 atom stereocenters. The van der Waals surface area contributed by atoms with Crippen LogP contribution in [-0.4, -0.2) is 0 Å². The second-order valence-electron chi connectivity index (χ2n) is 4.69. The van der Waals surface area contributed by atoms with Crippen LogP contribution in [-0.2, 0) is 12.1 Å². The molecule has 2 rings (SSSR count). The molecule has 1 aromatic heterocycles. The first-order valence-electron chi connectivity index (χ1n) is 5.73. The van der Waals surface area contributed by atoms with Crippen molar-refractivity contribution in [3.63, 3.8) is 0 Å². The third-order valence-corrected chi connectivity index (χ3v) is 5.05. The smallest absolute Gasteiger partial charge is 0.0701 e. The number of nitrogens with one attached hydrogen (secondary N) is 1. The Kier molecular flexibility index (Phi) is 4.64. The van der Waals surface area contributed by atoms with E-state index in [1.807, 2.05) is 0 Å². The maximum absolute atomic E-state index is 3.60. The molecule has 0 aliphatic heterocycles. The van der Waals surface area contributed by atoms with Gasteiger partial charge in [0, 0.05) is 21.4 Å². The van der Waals surface area contributed by atoms with Crippen LogP contribution in [0.4, 0.5) is 0 Å². The first kappa shape index (κ1) is 14.3. The van der Waals surface area contributed by atoms with Gasteiger partial charge in [0.15, 0.2) is 0 Å². The summed E-state index contributed by atoms with van der Waals surface area (Å²) in [4.78, 5) is 1.34. The number of hydrogen-bond donors (Lipinski definition) is 1. The molecule has 4 heteroatoms. The molecule has 0 radical (unpaired) electrons. The van der Waals surface area contributed by atoms with Crippen LogP contribution in [0.5, 0.6) is 0 Å². The number of halogens is 2. The Morgan fingerprint density at radius 1 is 1.06 bits per heavy atom. The Hall–Kier alpha value is -0.160. The maximum Gasteiger partial charge on any atom is 0.0701 e. The van der Waals surface area contributed by atoms with Gasteiger partial charge < -0.3 is 5.32 Å². The molecule has 0 amide bonds. The standard InChI is InChI=1S/C14H15Br2NS/c1-14(2,10-3-5-11(15)6-4-10)17-9-12-7-8-13(16)18-12/h3-8,17H,9H2,1-2H3. The molecule has 1 heterocycles. The second-order valence-corrected chi connectivity index (χ2v) is 8.15. The van der Waals surface area contributed by atoms with Crippen molar-refractivity contribution in [2.45, 2.75) is 25.9 Å². The number of thiophene rings is 1. The van der Waals surface area contributed by atoms with Crippen molar-refractivity contribution in [2.75, 3.05) is 0 Å². The molecule has 0 spiro atoms. The van der Waals surface area contributed by atoms with Crippen molar-refractivity contribution in [1.29, 1.82) is 0 Å². The highest BCUT2D eigenvalue weighted by molar-refractivity contribution is 9.11. The molecule has 1 nitrogen and oxygen atoms in total. The van der Waals surface area contributed by atoms with Gasteiger partial charge in [-0.1, -0.05) is 28.1 Å². The highest BCUT2D eigenvalue weighted by atomic mass is 79.9. The van der Waals surface area contributed by atoms with E-state index < -0.39 is 0 Å². The minimum atomic E-state index is -0.0306. The summed E-state index contributed by atoms with van der Waals surface area (Å²) in [5.41, 5.74) is 1.26. The lowest BCUT2D eigenvalue weighted by molar-refractivity contribution is 0.403. The fourth-order valence-corrected chi connectivity index (χ4v) is 3.41. The molecule has 0 aliphatic carbocycles. The fraction of sp³-hybridized carbons (Fsp3) is 0.286. The lowest BCUT2D eigenvalue weighted by Gasteiger charge is -2.27. The van der Waals surface area contributed by atoms with Gasteiger partial charge >= 0.3 is 0 Å². The largest absolute Gasteiger partial charge is 0.303 e. The van der Waals surface area contributed by atoms with Gasteiger partial charge in [-0.3, -0.25) is 0 Å². The summed E-state index contributed by atoms with van der Waals surface area (Å²) in [5.74, 6) is 0. The lowest BCUT2D eigenvalue weighted by atomic mass is 9.94. The van der Waals surface area contributed by atoms with Gasteiger partial charge in [-0.25, -0.2) is 0 Å². The Bertz CT molecular complexity index is 517. The SMILES string of the molecule is CC(C)(NCc1ccc(Br)s1)c1ccc(Br)cc1. The van der Waals surface area contributed by atoms with Crippen molar-refractivity contribution in [3.8, 4) is 0 Å².